The van der Waals surface area contributed by atoms with E-state index < -0.39 is 0 Å². The Balaban J connectivity index is 2.98. The third-order valence-electron chi connectivity index (χ3n) is 2.16. The Morgan fingerprint density at radius 3 is 2.81 bits per heavy atom. The van der Waals surface area contributed by atoms with E-state index in [4.69, 9.17) is 4.74 Å². The molecule has 2 nitrogen and oxygen atoms in total. The number of ether oxygens (including phenoxy) is 1. The van der Waals surface area contributed by atoms with E-state index in [2.05, 4.69) is 31.9 Å². The van der Waals surface area contributed by atoms with Crippen molar-refractivity contribution in [3.63, 3.8) is 0 Å². The predicted octanol–water partition coefficient (Wildman–Crippen LogP) is 3.95. The fourth-order valence-corrected chi connectivity index (χ4v) is 2.32. The molecule has 0 aliphatic heterocycles. The zero-order valence-electron chi connectivity index (χ0n) is 9.13. The predicted molar refractivity (Wildman–Crippen MR) is 72.2 cm³/mol. The van der Waals surface area contributed by atoms with Gasteiger partial charge < -0.3 is 4.74 Å². The van der Waals surface area contributed by atoms with E-state index in [0.29, 0.717) is 12.2 Å². The minimum atomic E-state index is -0.250. The van der Waals surface area contributed by atoms with Gasteiger partial charge in [0.2, 0.25) is 0 Å². The lowest BCUT2D eigenvalue weighted by atomic mass is 10.0. The van der Waals surface area contributed by atoms with Gasteiger partial charge in [0.05, 0.1) is 12.2 Å². The maximum atomic E-state index is 11.8. The van der Waals surface area contributed by atoms with Crippen LogP contribution in [0.25, 0.3) is 0 Å². The molecule has 0 saturated carbocycles. The maximum Gasteiger partial charge on any atom is 0.339 e. The van der Waals surface area contributed by atoms with Crippen molar-refractivity contribution in [2.24, 2.45) is 0 Å². The standard InChI is InChI=1S/C12H14Br2O2/c1-2-16-12(15)11-9(6-4-8-13)5-3-7-10(11)14/h3,5,7H,2,4,6,8H2,1H3. The van der Waals surface area contributed by atoms with Crippen LogP contribution in [0, 0.1) is 0 Å². The second kappa shape index (κ2) is 7.07. The normalized spacial score (nSPS) is 10.2. The van der Waals surface area contributed by atoms with Gasteiger partial charge >= 0.3 is 5.97 Å². The molecule has 0 heterocycles. The van der Waals surface area contributed by atoms with Crippen LogP contribution in [0.1, 0.15) is 29.3 Å². The molecule has 0 spiro atoms. The van der Waals surface area contributed by atoms with Crippen molar-refractivity contribution < 1.29 is 9.53 Å². The van der Waals surface area contributed by atoms with Crippen molar-refractivity contribution in [1.29, 1.82) is 0 Å². The van der Waals surface area contributed by atoms with Crippen LogP contribution >= 0.6 is 31.9 Å². The summed E-state index contributed by atoms with van der Waals surface area (Å²) in [5.74, 6) is -0.250. The highest BCUT2D eigenvalue weighted by Gasteiger charge is 2.15. The lowest BCUT2D eigenvalue weighted by Crippen LogP contribution is -2.09. The van der Waals surface area contributed by atoms with E-state index >= 15 is 0 Å². The first kappa shape index (κ1) is 13.7. The van der Waals surface area contributed by atoms with Crippen molar-refractivity contribution in [3.05, 3.63) is 33.8 Å². The number of hydrogen-bond acceptors (Lipinski definition) is 2. The summed E-state index contributed by atoms with van der Waals surface area (Å²) in [6, 6.07) is 5.78. The van der Waals surface area contributed by atoms with E-state index in [9.17, 15) is 4.79 Å². The monoisotopic (exact) mass is 348 g/mol. The van der Waals surface area contributed by atoms with E-state index in [-0.39, 0.29) is 5.97 Å². The summed E-state index contributed by atoms with van der Waals surface area (Å²) in [7, 11) is 0. The molecule has 1 rings (SSSR count). The maximum absolute atomic E-state index is 11.8. The molecule has 0 atom stereocenters. The summed E-state index contributed by atoms with van der Waals surface area (Å²) in [5.41, 5.74) is 1.69. The number of aryl methyl sites for hydroxylation is 1. The number of esters is 1. The van der Waals surface area contributed by atoms with Crippen LogP contribution < -0.4 is 0 Å². The van der Waals surface area contributed by atoms with Crippen molar-refractivity contribution in [2.75, 3.05) is 11.9 Å². The van der Waals surface area contributed by atoms with Gasteiger partial charge in [0.25, 0.3) is 0 Å². The summed E-state index contributed by atoms with van der Waals surface area (Å²) in [5, 5.41) is 0.932. The summed E-state index contributed by atoms with van der Waals surface area (Å²) in [4.78, 5) is 11.8. The molecule has 0 aliphatic rings. The van der Waals surface area contributed by atoms with Crippen molar-refractivity contribution in [3.8, 4) is 0 Å². The van der Waals surface area contributed by atoms with Gasteiger partial charge in [0.1, 0.15) is 0 Å². The zero-order valence-corrected chi connectivity index (χ0v) is 12.3. The molecule has 1 aromatic rings. The average Bonchev–Trinajstić information content (AvgIpc) is 2.26. The number of alkyl halides is 1. The lowest BCUT2D eigenvalue weighted by molar-refractivity contribution is 0.0524. The molecule has 0 bridgehead atoms. The van der Waals surface area contributed by atoms with Crippen LogP contribution in [-0.2, 0) is 11.2 Å². The molecule has 0 radical (unpaired) electrons. The molecular weight excluding hydrogens is 336 g/mol. The summed E-state index contributed by atoms with van der Waals surface area (Å²) >= 11 is 6.79. The Morgan fingerprint density at radius 2 is 2.19 bits per heavy atom. The third-order valence-corrected chi connectivity index (χ3v) is 3.38. The minimum absolute atomic E-state index is 0.250. The van der Waals surface area contributed by atoms with Crippen LogP contribution in [0.2, 0.25) is 0 Å². The molecule has 88 valence electrons. The molecule has 0 fully saturated rings. The fourth-order valence-electron chi connectivity index (χ4n) is 1.47. The highest BCUT2D eigenvalue weighted by molar-refractivity contribution is 9.10. The Bertz CT molecular complexity index is 364. The van der Waals surface area contributed by atoms with E-state index in [1.807, 2.05) is 25.1 Å². The summed E-state index contributed by atoms with van der Waals surface area (Å²) in [6.07, 6.45) is 1.88. The molecule has 0 saturated heterocycles. The lowest BCUT2D eigenvalue weighted by Gasteiger charge is -2.10. The fraction of sp³-hybridized carbons (Fsp3) is 0.417. The van der Waals surface area contributed by atoms with E-state index in [1.54, 1.807) is 0 Å². The van der Waals surface area contributed by atoms with Crippen molar-refractivity contribution in [2.45, 2.75) is 19.8 Å². The molecule has 0 aromatic heterocycles. The third kappa shape index (κ3) is 3.59. The van der Waals surface area contributed by atoms with Crippen LogP contribution in [0.15, 0.2) is 22.7 Å². The highest BCUT2D eigenvalue weighted by atomic mass is 79.9. The molecule has 4 heteroatoms. The molecular formula is C12H14Br2O2. The van der Waals surface area contributed by atoms with Gasteiger partial charge in [-0.3, -0.25) is 0 Å². The molecule has 0 N–H and O–H groups in total. The number of halogens is 2. The first-order valence-corrected chi connectivity index (χ1v) is 7.12. The second-order valence-electron chi connectivity index (χ2n) is 3.29. The van der Waals surface area contributed by atoms with Gasteiger partial charge in [-0.05, 0) is 47.3 Å². The topological polar surface area (TPSA) is 26.3 Å². The van der Waals surface area contributed by atoms with Gasteiger partial charge in [-0.25, -0.2) is 4.79 Å². The van der Waals surface area contributed by atoms with Crippen LogP contribution in [0.3, 0.4) is 0 Å². The Kier molecular flexibility index (Phi) is 6.06. The van der Waals surface area contributed by atoms with Crippen LogP contribution in [-0.4, -0.2) is 17.9 Å². The SMILES string of the molecule is CCOC(=O)c1c(Br)cccc1CCCBr. The molecule has 1 aromatic carbocycles. The van der Waals surface area contributed by atoms with Crippen molar-refractivity contribution in [1.82, 2.24) is 0 Å². The molecule has 0 aliphatic carbocycles. The van der Waals surface area contributed by atoms with Gasteiger partial charge in [-0.2, -0.15) is 0 Å². The Labute approximate surface area is 113 Å². The van der Waals surface area contributed by atoms with Crippen LogP contribution in [0.5, 0.6) is 0 Å². The second-order valence-corrected chi connectivity index (χ2v) is 4.93. The van der Waals surface area contributed by atoms with Gasteiger partial charge in [-0.15, -0.1) is 0 Å². The van der Waals surface area contributed by atoms with Gasteiger partial charge in [0.15, 0.2) is 0 Å². The van der Waals surface area contributed by atoms with Crippen molar-refractivity contribution >= 4 is 37.8 Å². The first-order chi connectivity index (χ1) is 7.70. The summed E-state index contributed by atoms with van der Waals surface area (Å²) in [6.45, 7) is 2.21. The minimum Gasteiger partial charge on any atom is -0.462 e. The number of carbonyl (C=O) groups excluding carboxylic acids is 1. The Hall–Kier alpha value is -0.350. The zero-order chi connectivity index (χ0) is 12.0. The number of carbonyl (C=O) groups is 1. The van der Waals surface area contributed by atoms with Gasteiger partial charge in [0, 0.05) is 9.80 Å². The quantitative estimate of drug-likeness (QED) is 0.594. The van der Waals surface area contributed by atoms with E-state index in [1.165, 1.54) is 0 Å². The van der Waals surface area contributed by atoms with Crippen LogP contribution in [0.4, 0.5) is 0 Å². The van der Waals surface area contributed by atoms with Gasteiger partial charge in [-0.1, -0.05) is 28.1 Å². The number of hydrogen-bond donors (Lipinski definition) is 0. The Morgan fingerprint density at radius 1 is 1.44 bits per heavy atom. The molecule has 0 unspecified atom stereocenters. The first-order valence-electron chi connectivity index (χ1n) is 5.21. The largest absolute Gasteiger partial charge is 0.462 e. The number of benzene rings is 1. The molecule has 0 amide bonds. The highest BCUT2D eigenvalue weighted by Crippen LogP contribution is 2.23. The van der Waals surface area contributed by atoms with E-state index in [0.717, 1.165) is 28.2 Å². The number of rotatable bonds is 5. The average molecular weight is 350 g/mol. The smallest absolute Gasteiger partial charge is 0.339 e. The summed E-state index contributed by atoms with van der Waals surface area (Å²) < 4.78 is 5.85. The molecule has 16 heavy (non-hydrogen) atoms.